The number of halogens is 5. The van der Waals surface area contributed by atoms with E-state index in [-0.39, 0.29) is 12.8 Å². The zero-order valence-corrected chi connectivity index (χ0v) is 8.84. The molecular formula is C7H10F5NO2S. The lowest BCUT2D eigenvalue weighted by Gasteiger charge is -2.22. The van der Waals surface area contributed by atoms with Gasteiger partial charge in [-0.2, -0.15) is 22.0 Å². The summed E-state index contributed by atoms with van der Waals surface area (Å²) >= 11 is 0. The van der Waals surface area contributed by atoms with Gasteiger partial charge in [-0.1, -0.05) is 12.8 Å². The van der Waals surface area contributed by atoms with Crippen molar-refractivity contribution >= 4 is 10.0 Å². The number of sulfonamides is 1. The second-order valence-corrected chi connectivity index (χ2v) is 5.37. The molecule has 0 heterocycles. The van der Waals surface area contributed by atoms with Crippen molar-refractivity contribution in [1.82, 2.24) is 4.72 Å². The summed E-state index contributed by atoms with van der Waals surface area (Å²) in [4.78, 5) is 0. The van der Waals surface area contributed by atoms with Gasteiger partial charge in [0.1, 0.15) is 0 Å². The fourth-order valence-electron chi connectivity index (χ4n) is 1.49. The van der Waals surface area contributed by atoms with Gasteiger partial charge in [-0.05, 0) is 12.8 Å². The lowest BCUT2D eigenvalue weighted by atomic mass is 10.3. The molecule has 0 saturated heterocycles. The first-order valence-electron chi connectivity index (χ1n) is 4.54. The molecular weight excluding hydrogens is 257 g/mol. The topological polar surface area (TPSA) is 46.2 Å². The summed E-state index contributed by atoms with van der Waals surface area (Å²) in [5.41, 5.74) is 0. The second-order valence-electron chi connectivity index (χ2n) is 3.62. The highest BCUT2D eigenvalue weighted by atomic mass is 32.2. The van der Waals surface area contributed by atoms with Crippen molar-refractivity contribution in [3.8, 4) is 0 Å². The maximum absolute atomic E-state index is 12.6. The van der Waals surface area contributed by atoms with Gasteiger partial charge in [0.2, 0.25) is 0 Å². The molecule has 0 aromatic rings. The Labute approximate surface area is 89.1 Å². The molecule has 1 fully saturated rings. The van der Waals surface area contributed by atoms with Crippen LogP contribution in [0.15, 0.2) is 0 Å². The van der Waals surface area contributed by atoms with Crippen LogP contribution in [0.4, 0.5) is 22.0 Å². The van der Waals surface area contributed by atoms with Crippen molar-refractivity contribution in [3.63, 3.8) is 0 Å². The van der Waals surface area contributed by atoms with Crippen molar-refractivity contribution in [2.45, 2.75) is 43.2 Å². The predicted molar refractivity (Wildman–Crippen MR) is 45.3 cm³/mol. The van der Waals surface area contributed by atoms with Gasteiger partial charge in [0.15, 0.2) is 0 Å². The van der Waals surface area contributed by atoms with E-state index in [4.69, 9.17) is 0 Å². The normalized spacial score (nSPS) is 20.3. The van der Waals surface area contributed by atoms with Crippen LogP contribution in [-0.4, -0.2) is 25.9 Å². The van der Waals surface area contributed by atoms with Crippen molar-refractivity contribution in [2.24, 2.45) is 0 Å². The van der Waals surface area contributed by atoms with E-state index in [1.807, 2.05) is 0 Å². The van der Waals surface area contributed by atoms with Crippen LogP contribution in [0, 0.1) is 0 Å². The average molecular weight is 267 g/mol. The zero-order valence-electron chi connectivity index (χ0n) is 8.02. The summed E-state index contributed by atoms with van der Waals surface area (Å²) in [6.45, 7) is 0. The number of hydrogen-bond acceptors (Lipinski definition) is 2. The van der Waals surface area contributed by atoms with E-state index in [1.165, 1.54) is 4.72 Å². The molecule has 0 amide bonds. The van der Waals surface area contributed by atoms with E-state index in [2.05, 4.69) is 0 Å². The lowest BCUT2D eigenvalue weighted by Crippen LogP contribution is -2.51. The second kappa shape index (κ2) is 4.10. The molecule has 1 aliphatic rings. The molecule has 1 rings (SSSR count). The average Bonchev–Trinajstić information content (AvgIpc) is 2.53. The highest BCUT2D eigenvalue weighted by Crippen LogP contribution is 2.39. The minimum atomic E-state index is -6.10. The SMILES string of the molecule is O=S(=O)(NC1CCCC1)C(F)(F)C(F)(F)F. The van der Waals surface area contributed by atoms with E-state index in [0.29, 0.717) is 12.8 Å². The van der Waals surface area contributed by atoms with Crippen LogP contribution in [0.5, 0.6) is 0 Å². The molecule has 3 nitrogen and oxygen atoms in total. The van der Waals surface area contributed by atoms with Gasteiger partial charge in [-0.25, -0.2) is 13.1 Å². The molecule has 0 bridgehead atoms. The molecule has 1 N–H and O–H groups in total. The molecule has 0 aliphatic heterocycles. The maximum atomic E-state index is 12.6. The Morgan fingerprint density at radius 2 is 1.44 bits per heavy atom. The van der Waals surface area contributed by atoms with Gasteiger partial charge < -0.3 is 0 Å². The summed E-state index contributed by atoms with van der Waals surface area (Å²) in [6.07, 6.45) is -4.30. The number of nitrogens with one attached hydrogen (secondary N) is 1. The molecule has 0 spiro atoms. The van der Waals surface area contributed by atoms with Gasteiger partial charge in [0.05, 0.1) is 0 Å². The minimum Gasteiger partial charge on any atom is -0.207 e. The molecule has 0 unspecified atom stereocenters. The van der Waals surface area contributed by atoms with Crippen LogP contribution in [0.1, 0.15) is 25.7 Å². The summed E-state index contributed by atoms with van der Waals surface area (Å²) in [5, 5.41) is -5.75. The summed E-state index contributed by atoms with van der Waals surface area (Å²) < 4.78 is 83.8. The first-order chi connectivity index (χ1) is 7.08. The third-order valence-electron chi connectivity index (χ3n) is 2.34. The van der Waals surface area contributed by atoms with Crippen molar-refractivity contribution < 1.29 is 30.4 Å². The van der Waals surface area contributed by atoms with Gasteiger partial charge in [-0.3, -0.25) is 0 Å². The van der Waals surface area contributed by atoms with Crippen LogP contribution in [0.25, 0.3) is 0 Å². The quantitative estimate of drug-likeness (QED) is 0.795. The van der Waals surface area contributed by atoms with Crippen LogP contribution in [-0.2, 0) is 10.0 Å². The van der Waals surface area contributed by atoms with Gasteiger partial charge in [0.25, 0.3) is 10.0 Å². The highest BCUT2D eigenvalue weighted by Gasteiger charge is 2.67. The van der Waals surface area contributed by atoms with Crippen LogP contribution < -0.4 is 4.72 Å². The molecule has 0 atom stereocenters. The van der Waals surface area contributed by atoms with E-state index in [9.17, 15) is 30.4 Å². The summed E-state index contributed by atoms with van der Waals surface area (Å²) in [5.74, 6) is 0. The third-order valence-corrected chi connectivity index (χ3v) is 3.89. The van der Waals surface area contributed by atoms with Gasteiger partial charge >= 0.3 is 11.4 Å². The van der Waals surface area contributed by atoms with Crippen molar-refractivity contribution in [2.75, 3.05) is 0 Å². The van der Waals surface area contributed by atoms with E-state index >= 15 is 0 Å². The molecule has 1 aliphatic carbocycles. The Hall–Kier alpha value is -0.440. The number of rotatable bonds is 3. The Morgan fingerprint density at radius 3 is 1.81 bits per heavy atom. The molecule has 1 saturated carbocycles. The maximum Gasteiger partial charge on any atom is 0.470 e. The first-order valence-corrected chi connectivity index (χ1v) is 6.02. The standard InChI is InChI=1S/C7H10F5NO2S/c8-6(9,10)7(11,12)16(14,15)13-5-3-1-2-4-5/h5,13H,1-4H2. The van der Waals surface area contributed by atoms with Crippen LogP contribution in [0.2, 0.25) is 0 Å². The van der Waals surface area contributed by atoms with E-state index < -0.39 is 27.5 Å². The lowest BCUT2D eigenvalue weighted by molar-refractivity contribution is -0.241. The molecule has 0 radical (unpaired) electrons. The smallest absolute Gasteiger partial charge is 0.207 e. The van der Waals surface area contributed by atoms with E-state index in [0.717, 1.165) is 0 Å². The predicted octanol–water partition coefficient (Wildman–Crippen LogP) is 2.00. The molecule has 16 heavy (non-hydrogen) atoms. The van der Waals surface area contributed by atoms with Crippen molar-refractivity contribution in [3.05, 3.63) is 0 Å². The fourth-order valence-corrected chi connectivity index (χ4v) is 2.62. The fraction of sp³-hybridized carbons (Fsp3) is 1.00. The van der Waals surface area contributed by atoms with Gasteiger partial charge in [0, 0.05) is 6.04 Å². The number of hydrogen-bond donors (Lipinski definition) is 1. The van der Waals surface area contributed by atoms with Crippen molar-refractivity contribution in [1.29, 1.82) is 0 Å². The van der Waals surface area contributed by atoms with E-state index in [1.54, 1.807) is 0 Å². The third kappa shape index (κ3) is 2.45. The van der Waals surface area contributed by atoms with Crippen LogP contribution >= 0.6 is 0 Å². The highest BCUT2D eigenvalue weighted by molar-refractivity contribution is 7.90. The Bertz CT molecular complexity index is 344. The first kappa shape index (κ1) is 13.6. The summed E-state index contributed by atoms with van der Waals surface area (Å²) in [7, 11) is -5.71. The molecule has 9 heteroatoms. The summed E-state index contributed by atoms with van der Waals surface area (Å²) in [6, 6.07) is -0.821. The molecule has 0 aromatic carbocycles. The minimum absolute atomic E-state index is 0.285. The molecule has 96 valence electrons. The van der Waals surface area contributed by atoms with Crippen LogP contribution in [0.3, 0.4) is 0 Å². The largest absolute Gasteiger partial charge is 0.470 e. The Morgan fingerprint density at radius 1 is 1.00 bits per heavy atom. The Balaban J connectivity index is 2.84. The molecule has 0 aromatic heterocycles. The van der Waals surface area contributed by atoms with Gasteiger partial charge in [-0.15, -0.1) is 0 Å². The zero-order chi connectivity index (χ0) is 12.6. The monoisotopic (exact) mass is 267 g/mol. The number of alkyl halides is 5. The Kier molecular flexibility index (Phi) is 3.49.